The van der Waals surface area contributed by atoms with Crippen molar-refractivity contribution in [1.82, 2.24) is 0 Å². The zero-order chi connectivity index (χ0) is 18.4. The number of esters is 1. The molecule has 25 heavy (non-hydrogen) atoms. The number of anilines is 1. The Hall–Kier alpha value is -2.82. The van der Waals surface area contributed by atoms with Crippen LogP contribution in [0.4, 0.5) is 5.69 Å². The first-order valence-electron chi connectivity index (χ1n) is 8.12. The topological polar surface area (TPSA) is 64.6 Å². The van der Waals surface area contributed by atoms with Crippen molar-refractivity contribution in [3.63, 3.8) is 0 Å². The second kappa shape index (κ2) is 8.33. The van der Waals surface area contributed by atoms with Gasteiger partial charge in [0.1, 0.15) is 5.75 Å². The number of carbonyl (C=O) groups is 2. The van der Waals surface area contributed by atoms with Gasteiger partial charge in [-0.25, -0.2) is 4.79 Å². The van der Waals surface area contributed by atoms with Gasteiger partial charge in [0, 0.05) is 5.69 Å². The Labute approximate surface area is 148 Å². The van der Waals surface area contributed by atoms with Gasteiger partial charge in [-0.05, 0) is 54.3 Å². The van der Waals surface area contributed by atoms with Crippen molar-refractivity contribution in [1.29, 1.82) is 0 Å². The maximum Gasteiger partial charge on any atom is 0.337 e. The summed E-state index contributed by atoms with van der Waals surface area (Å²) in [6.07, 6.45) is 0. The molecule has 5 nitrogen and oxygen atoms in total. The summed E-state index contributed by atoms with van der Waals surface area (Å²) in [5.41, 5.74) is 3.17. The Bertz CT molecular complexity index is 751. The molecule has 0 bridgehead atoms. The molecule has 0 saturated heterocycles. The number of amides is 1. The summed E-state index contributed by atoms with van der Waals surface area (Å²) in [6.45, 7) is 6.07. The van der Waals surface area contributed by atoms with Crippen LogP contribution in [0.2, 0.25) is 0 Å². The van der Waals surface area contributed by atoms with E-state index in [0.717, 1.165) is 16.9 Å². The molecule has 1 amide bonds. The number of nitrogens with one attached hydrogen (secondary N) is 1. The summed E-state index contributed by atoms with van der Waals surface area (Å²) in [5, 5.41) is 2.74. The highest BCUT2D eigenvalue weighted by atomic mass is 16.5. The third-order valence-corrected chi connectivity index (χ3v) is 3.74. The van der Waals surface area contributed by atoms with Gasteiger partial charge in [0.25, 0.3) is 5.91 Å². The largest absolute Gasteiger partial charge is 0.483 e. The van der Waals surface area contributed by atoms with Crippen LogP contribution in [-0.4, -0.2) is 25.6 Å². The molecule has 0 spiro atoms. The van der Waals surface area contributed by atoms with Crippen molar-refractivity contribution in [2.24, 2.45) is 0 Å². The van der Waals surface area contributed by atoms with Crippen molar-refractivity contribution in [2.45, 2.75) is 26.7 Å². The number of aryl methyl sites for hydroxylation is 1. The monoisotopic (exact) mass is 341 g/mol. The summed E-state index contributed by atoms with van der Waals surface area (Å²) in [5.74, 6) is 0.361. The molecule has 0 saturated carbocycles. The average molecular weight is 341 g/mol. The highest BCUT2D eigenvalue weighted by molar-refractivity contribution is 5.93. The lowest BCUT2D eigenvalue weighted by molar-refractivity contribution is -0.118. The Morgan fingerprint density at radius 2 is 1.76 bits per heavy atom. The molecule has 0 aliphatic carbocycles. The molecule has 2 aromatic rings. The van der Waals surface area contributed by atoms with Crippen LogP contribution in [0.3, 0.4) is 0 Å². The first-order chi connectivity index (χ1) is 11.9. The Morgan fingerprint density at radius 1 is 1.08 bits per heavy atom. The number of benzene rings is 2. The van der Waals surface area contributed by atoms with E-state index in [0.29, 0.717) is 17.2 Å². The van der Waals surface area contributed by atoms with E-state index >= 15 is 0 Å². The minimum Gasteiger partial charge on any atom is -0.483 e. The SMILES string of the molecule is COC(=O)c1ccc(NC(=O)COc2cc(C)ccc2C(C)C)cc1. The highest BCUT2D eigenvalue weighted by Crippen LogP contribution is 2.27. The van der Waals surface area contributed by atoms with Gasteiger partial charge in [0.05, 0.1) is 12.7 Å². The summed E-state index contributed by atoms with van der Waals surface area (Å²) in [4.78, 5) is 23.5. The molecule has 0 radical (unpaired) electrons. The van der Waals surface area contributed by atoms with Gasteiger partial charge < -0.3 is 14.8 Å². The second-order valence-electron chi connectivity index (χ2n) is 6.10. The smallest absolute Gasteiger partial charge is 0.337 e. The van der Waals surface area contributed by atoms with Crippen LogP contribution in [0.25, 0.3) is 0 Å². The lowest BCUT2D eigenvalue weighted by Gasteiger charge is -2.15. The van der Waals surface area contributed by atoms with E-state index in [1.54, 1.807) is 24.3 Å². The summed E-state index contributed by atoms with van der Waals surface area (Å²) in [6, 6.07) is 12.5. The molecule has 132 valence electrons. The Kier molecular flexibility index (Phi) is 6.17. The van der Waals surface area contributed by atoms with E-state index in [4.69, 9.17) is 4.74 Å². The molecule has 2 rings (SSSR count). The zero-order valence-corrected chi connectivity index (χ0v) is 15.0. The van der Waals surface area contributed by atoms with Crippen LogP contribution in [0, 0.1) is 6.92 Å². The predicted molar refractivity (Wildman–Crippen MR) is 97.2 cm³/mol. The molecule has 0 atom stereocenters. The molecule has 0 heterocycles. The maximum absolute atomic E-state index is 12.1. The molecule has 0 aliphatic heterocycles. The highest BCUT2D eigenvalue weighted by Gasteiger charge is 2.11. The number of methoxy groups -OCH3 is 1. The van der Waals surface area contributed by atoms with Gasteiger partial charge in [0.2, 0.25) is 0 Å². The van der Waals surface area contributed by atoms with Gasteiger partial charge in [-0.15, -0.1) is 0 Å². The third-order valence-electron chi connectivity index (χ3n) is 3.74. The van der Waals surface area contributed by atoms with Crippen molar-refractivity contribution in [3.8, 4) is 5.75 Å². The lowest BCUT2D eigenvalue weighted by atomic mass is 10.0. The molecular weight excluding hydrogens is 318 g/mol. The molecule has 0 unspecified atom stereocenters. The Balaban J connectivity index is 1.97. The Morgan fingerprint density at radius 3 is 2.36 bits per heavy atom. The molecule has 1 N–H and O–H groups in total. The van der Waals surface area contributed by atoms with Gasteiger partial charge in [-0.3, -0.25) is 4.79 Å². The minimum atomic E-state index is -0.415. The third kappa shape index (κ3) is 5.08. The zero-order valence-electron chi connectivity index (χ0n) is 15.0. The van der Waals surface area contributed by atoms with Crippen LogP contribution in [0.5, 0.6) is 5.75 Å². The van der Waals surface area contributed by atoms with E-state index in [-0.39, 0.29) is 12.5 Å². The van der Waals surface area contributed by atoms with Crippen LogP contribution < -0.4 is 10.1 Å². The first kappa shape index (κ1) is 18.5. The maximum atomic E-state index is 12.1. The number of ether oxygens (including phenoxy) is 2. The van der Waals surface area contributed by atoms with E-state index in [1.807, 2.05) is 25.1 Å². The lowest BCUT2D eigenvalue weighted by Crippen LogP contribution is -2.20. The number of hydrogen-bond acceptors (Lipinski definition) is 4. The fourth-order valence-electron chi connectivity index (χ4n) is 2.39. The molecule has 0 fully saturated rings. The van der Waals surface area contributed by atoms with Crippen LogP contribution >= 0.6 is 0 Å². The van der Waals surface area contributed by atoms with Gasteiger partial charge in [0.15, 0.2) is 6.61 Å². The number of rotatable bonds is 6. The van der Waals surface area contributed by atoms with Crippen molar-refractivity contribution >= 4 is 17.6 Å². The van der Waals surface area contributed by atoms with E-state index in [2.05, 4.69) is 23.9 Å². The van der Waals surface area contributed by atoms with E-state index < -0.39 is 5.97 Å². The van der Waals surface area contributed by atoms with E-state index in [1.165, 1.54) is 7.11 Å². The normalized spacial score (nSPS) is 10.4. The standard InChI is InChI=1S/C20H23NO4/c1-13(2)17-10-5-14(3)11-18(17)25-12-19(22)21-16-8-6-15(7-9-16)20(23)24-4/h5-11,13H,12H2,1-4H3,(H,21,22). The first-order valence-corrected chi connectivity index (χ1v) is 8.12. The summed E-state index contributed by atoms with van der Waals surface area (Å²) in [7, 11) is 1.33. The molecule has 2 aromatic carbocycles. The van der Waals surface area contributed by atoms with Crippen LogP contribution in [-0.2, 0) is 9.53 Å². The van der Waals surface area contributed by atoms with Crippen molar-refractivity contribution < 1.29 is 19.1 Å². The quantitative estimate of drug-likeness (QED) is 0.809. The van der Waals surface area contributed by atoms with Crippen molar-refractivity contribution in [3.05, 3.63) is 59.2 Å². The number of carbonyl (C=O) groups excluding carboxylic acids is 2. The van der Waals surface area contributed by atoms with Crippen LogP contribution in [0.1, 0.15) is 41.3 Å². The summed E-state index contributed by atoms with van der Waals surface area (Å²) < 4.78 is 10.3. The molecule has 0 aromatic heterocycles. The molecule has 0 aliphatic rings. The van der Waals surface area contributed by atoms with Gasteiger partial charge >= 0.3 is 5.97 Å². The second-order valence-corrected chi connectivity index (χ2v) is 6.10. The van der Waals surface area contributed by atoms with Gasteiger partial charge in [-0.1, -0.05) is 26.0 Å². The fourth-order valence-corrected chi connectivity index (χ4v) is 2.39. The van der Waals surface area contributed by atoms with Crippen LogP contribution in [0.15, 0.2) is 42.5 Å². The average Bonchev–Trinajstić information content (AvgIpc) is 2.59. The van der Waals surface area contributed by atoms with Gasteiger partial charge in [-0.2, -0.15) is 0 Å². The molecular formula is C20H23NO4. The predicted octanol–water partition coefficient (Wildman–Crippen LogP) is 3.92. The minimum absolute atomic E-state index is 0.0814. The van der Waals surface area contributed by atoms with E-state index in [9.17, 15) is 9.59 Å². The molecule has 5 heteroatoms. The fraction of sp³-hybridized carbons (Fsp3) is 0.300. The summed E-state index contributed by atoms with van der Waals surface area (Å²) >= 11 is 0. The van der Waals surface area contributed by atoms with Crippen molar-refractivity contribution in [2.75, 3.05) is 19.0 Å². The number of hydrogen-bond donors (Lipinski definition) is 1.